The van der Waals surface area contributed by atoms with Crippen LogP contribution in [0.15, 0.2) is 66.7 Å². The summed E-state index contributed by atoms with van der Waals surface area (Å²) in [6.45, 7) is 14.0. The number of carbonyl (C=O) groups is 2. The molecule has 0 unspecified atom stereocenters. The Kier molecular flexibility index (Phi) is 11.8. The van der Waals surface area contributed by atoms with Gasteiger partial charge in [0.15, 0.2) is 5.78 Å². The van der Waals surface area contributed by atoms with Gasteiger partial charge in [0, 0.05) is 48.7 Å². The number of Topliss-reactive ketones (excluding diaryl/α,β-unsaturated/α-hetero) is 1. The van der Waals surface area contributed by atoms with E-state index < -0.39 is 0 Å². The van der Waals surface area contributed by atoms with Crippen LogP contribution < -0.4 is 10.6 Å². The van der Waals surface area contributed by atoms with Crippen molar-refractivity contribution in [3.63, 3.8) is 0 Å². The standard InChI is InChI=1S/C18H20N2O.C15H22N2O.C5H8/c1-12-16(13-6-8-15(19-2)9-7-13)10-11-17(20-12)18(21)14-4-3-5-14;1-11(2)14-7-6-13(10-12(14)3)16-15(18)17-8-4-5-9-17;1-5-3-2-4-5/h6-11,14,19H,3-5H2,1-2H3;6-7,10-11H,4-5,8-9H2,1-3H3,(H,16,18);1-4H2. The number of anilines is 2. The van der Waals surface area contributed by atoms with E-state index >= 15 is 0 Å². The lowest BCUT2D eigenvalue weighted by molar-refractivity contribution is 0.0849. The van der Waals surface area contributed by atoms with Gasteiger partial charge in [0.05, 0.1) is 0 Å². The van der Waals surface area contributed by atoms with Gasteiger partial charge in [-0.1, -0.05) is 56.7 Å². The minimum Gasteiger partial charge on any atom is -0.388 e. The first-order chi connectivity index (χ1) is 21.2. The number of nitrogens with one attached hydrogen (secondary N) is 2. The molecule has 3 aromatic rings. The first-order valence-corrected chi connectivity index (χ1v) is 16.3. The summed E-state index contributed by atoms with van der Waals surface area (Å²) in [6, 6.07) is 18.3. The average Bonchev–Trinajstić information content (AvgIpc) is 3.51. The Morgan fingerprint density at radius 1 is 0.886 bits per heavy atom. The number of pyridine rings is 1. The molecule has 2 saturated carbocycles. The van der Waals surface area contributed by atoms with E-state index in [9.17, 15) is 9.59 Å². The minimum absolute atomic E-state index is 0.0317. The molecule has 2 amide bonds. The molecule has 2 heterocycles. The van der Waals surface area contributed by atoms with Crippen LogP contribution in [0.25, 0.3) is 11.1 Å². The van der Waals surface area contributed by atoms with Crippen molar-refractivity contribution in [3.8, 4) is 11.1 Å². The highest BCUT2D eigenvalue weighted by molar-refractivity contribution is 5.97. The lowest BCUT2D eigenvalue weighted by atomic mass is 9.81. The molecule has 0 bridgehead atoms. The van der Waals surface area contributed by atoms with Gasteiger partial charge in [0.1, 0.15) is 5.69 Å². The monoisotopic (exact) mass is 594 g/mol. The van der Waals surface area contributed by atoms with Crippen molar-refractivity contribution >= 4 is 23.2 Å². The molecule has 0 atom stereocenters. The third-order valence-electron chi connectivity index (χ3n) is 8.90. The van der Waals surface area contributed by atoms with E-state index in [1.165, 1.54) is 42.4 Å². The van der Waals surface area contributed by atoms with Gasteiger partial charge in [-0.25, -0.2) is 9.78 Å². The van der Waals surface area contributed by atoms with Crippen LogP contribution in [0.2, 0.25) is 0 Å². The molecule has 0 spiro atoms. The van der Waals surface area contributed by atoms with Gasteiger partial charge < -0.3 is 15.5 Å². The molecule has 234 valence electrons. The second-order valence-corrected chi connectivity index (χ2v) is 12.6. The Morgan fingerprint density at radius 2 is 1.52 bits per heavy atom. The van der Waals surface area contributed by atoms with Gasteiger partial charge in [-0.2, -0.15) is 0 Å². The van der Waals surface area contributed by atoms with E-state index in [1.54, 1.807) is 0 Å². The van der Waals surface area contributed by atoms with Gasteiger partial charge in [-0.15, -0.1) is 0 Å². The number of nitrogens with zero attached hydrogens (tertiary/aromatic N) is 2. The predicted molar refractivity (Wildman–Crippen MR) is 184 cm³/mol. The fourth-order valence-corrected chi connectivity index (χ4v) is 5.65. The van der Waals surface area contributed by atoms with Gasteiger partial charge in [-0.05, 0) is 112 Å². The molecule has 0 radical (unpaired) electrons. The van der Waals surface area contributed by atoms with Crippen molar-refractivity contribution in [3.05, 3.63) is 89.3 Å². The van der Waals surface area contributed by atoms with E-state index in [0.29, 0.717) is 11.6 Å². The zero-order valence-electron chi connectivity index (χ0n) is 27.3. The van der Waals surface area contributed by atoms with E-state index in [2.05, 4.69) is 67.2 Å². The Balaban J connectivity index is 0.000000175. The summed E-state index contributed by atoms with van der Waals surface area (Å²) in [7, 11) is 1.91. The van der Waals surface area contributed by atoms with E-state index in [1.807, 2.05) is 49.2 Å². The van der Waals surface area contributed by atoms with Crippen molar-refractivity contribution in [2.24, 2.45) is 5.92 Å². The summed E-state index contributed by atoms with van der Waals surface area (Å²) in [4.78, 5) is 30.6. The lowest BCUT2D eigenvalue weighted by Gasteiger charge is -2.23. The maximum absolute atomic E-state index is 12.2. The quantitative estimate of drug-likeness (QED) is 0.220. The molecule has 1 aromatic heterocycles. The van der Waals surface area contributed by atoms with Gasteiger partial charge in [0.2, 0.25) is 0 Å². The number of likely N-dealkylation sites (tertiary alicyclic amines) is 1. The SMILES string of the molecule is C=C1CCC1.CNc1ccc(-c2ccc(C(=O)C3CCC3)nc2C)cc1.Cc1cc(NC(=O)N2CCCC2)ccc1C(C)C. The minimum atomic E-state index is 0.0317. The van der Waals surface area contributed by atoms with Gasteiger partial charge in [0.25, 0.3) is 0 Å². The van der Waals surface area contributed by atoms with Gasteiger partial charge in [-0.3, -0.25) is 4.79 Å². The first-order valence-electron chi connectivity index (χ1n) is 16.3. The topological polar surface area (TPSA) is 74.3 Å². The maximum Gasteiger partial charge on any atom is 0.321 e. The predicted octanol–water partition coefficient (Wildman–Crippen LogP) is 9.55. The molecular formula is C38H50N4O2. The molecule has 3 aliphatic rings. The molecule has 6 rings (SSSR count). The highest BCUT2D eigenvalue weighted by Crippen LogP contribution is 2.31. The summed E-state index contributed by atoms with van der Waals surface area (Å²) in [6.07, 6.45) is 9.43. The number of aromatic nitrogens is 1. The van der Waals surface area contributed by atoms with Crippen LogP contribution in [0.4, 0.5) is 16.2 Å². The van der Waals surface area contributed by atoms with E-state index in [0.717, 1.165) is 67.0 Å². The highest BCUT2D eigenvalue weighted by Gasteiger charge is 2.27. The summed E-state index contributed by atoms with van der Waals surface area (Å²) in [5, 5.41) is 6.09. The summed E-state index contributed by atoms with van der Waals surface area (Å²) >= 11 is 0. The van der Waals surface area contributed by atoms with Crippen LogP contribution in [-0.2, 0) is 0 Å². The summed E-state index contributed by atoms with van der Waals surface area (Å²) in [5.74, 6) is 0.937. The second kappa shape index (κ2) is 15.7. The molecule has 2 aliphatic carbocycles. The highest BCUT2D eigenvalue weighted by atomic mass is 16.2. The van der Waals surface area contributed by atoms with E-state index in [4.69, 9.17) is 0 Å². The number of allylic oxidation sites excluding steroid dienone is 1. The smallest absolute Gasteiger partial charge is 0.321 e. The number of benzene rings is 2. The molecule has 44 heavy (non-hydrogen) atoms. The van der Waals surface area contributed by atoms with Crippen molar-refractivity contribution in [1.29, 1.82) is 0 Å². The van der Waals surface area contributed by atoms with Crippen molar-refractivity contribution < 1.29 is 9.59 Å². The number of rotatable bonds is 6. The molecule has 6 heteroatoms. The number of hydrogen-bond acceptors (Lipinski definition) is 4. The summed E-state index contributed by atoms with van der Waals surface area (Å²) < 4.78 is 0. The van der Waals surface area contributed by atoms with Crippen LogP contribution in [0.5, 0.6) is 0 Å². The third kappa shape index (κ3) is 8.81. The number of aryl methyl sites for hydroxylation is 2. The Hall–Kier alpha value is -3.93. The van der Waals surface area contributed by atoms with Gasteiger partial charge >= 0.3 is 6.03 Å². The fourth-order valence-electron chi connectivity index (χ4n) is 5.65. The number of hydrogen-bond donors (Lipinski definition) is 2. The number of carbonyl (C=O) groups excluding carboxylic acids is 2. The molecule has 2 N–H and O–H groups in total. The van der Waals surface area contributed by atoms with Crippen LogP contribution in [0.3, 0.4) is 0 Å². The van der Waals surface area contributed by atoms with E-state index in [-0.39, 0.29) is 17.7 Å². The van der Waals surface area contributed by atoms with Crippen molar-refractivity contribution in [2.45, 2.75) is 85.0 Å². The first kappa shape index (κ1) is 33.0. The zero-order valence-corrected chi connectivity index (χ0v) is 27.3. The lowest BCUT2D eigenvalue weighted by Crippen LogP contribution is -2.32. The number of urea groups is 1. The Morgan fingerprint density at radius 3 is 2.00 bits per heavy atom. The van der Waals surface area contributed by atoms with Crippen LogP contribution in [-0.4, -0.2) is 41.8 Å². The van der Waals surface area contributed by atoms with Crippen molar-refractivity contribution in [2.75, 3.05) is 30.8 Å². The molecule has 6 nitrogen and oxygen atoms in total. The normalized spacial score (nSPS) is 15.7. The van der Waals surface area contributed by atoms with Crippen LogP contribution in [0, 0.1) is 19.8 Å². The largest absolute Gasteiger partial charge is 0.388 e. The number of amides is 2. The molecule has 3 fully saturated rings. The fraction of sp³-hybridized carbons (Fsp3) is 0.447. The zero-order chi connectivity index (χ0) is 31.6. The summed E-state index contributed by atoms with van der Waals surface area (Å²) in [5.41, 5.74) is 9.74. The Labute approximate surface area is 264 Å². The average molecular weight is 595 g/mol. The van der Waals surface area contributed by atoms with Crippen LogP contribution in [0.1, 0.15) is 98.4 Å². The third-order valence-corrected chi connectivity index (χ3v) is 8.90. The Bertz CT molecular complexity index is 1430. The molecular weight excluding hydrogens is 544 g/mol. The van der Waals surface area contributed by atoms with Crippen molar-refractivity contribution in [1.82, 2.24) is 9.88 Å². The van der Waals surface area contributed by atoms with Crippen LogP contribution >= 0.6 is 0 Å². The second-order valence-electron chi connectivity index (χ2n) is 12.6. The number of ketones is 1. The molecule has 1 saturated heterocycles. The molecule has 1 aliphatic heterocycles. The molecule has 2 aromatic carbocycles. The maximum atomic E-state index is 12.2.